The van der Waals surface area contributed by atoms with E-state index in [4.69, 9.17) is 9.47 Å². The molecule has 1 saturated carbocycles. The predicted octanol–water partition coefficient (Wildman–Crippen LogP) is 3.01. The summed E-state index contributed by atoms with van der Waals surface area (Å²) in [6.07, 6.45) is 3.46. The maximum Gasteiger partial charge on any atom is 0.340 e. The van der Waals surface area contributed by atoms with Crippen LogP contribution in [0, 0.1) is 5.82 Å². The third-order valence-electron chi connectivity index (χ3n) is 4.43. The van der Waals surface area contributed by atoms with E-state index in [-0.39, 0.29) is 11.5 Å². The first-order valence-electron chi connectivity index (χ1n) is 7.29. The lowest BCUT2D eigenvalue weighted by Gasteiger charge is -2.35. The van der Waals surface area contributed by atoms with E-state index in [0.29, 0.717) is 13.2 Å². The molecule has 3 rings (SSSR count). The zero-order valence-electron chi connectivity index (χ0n) is 12.1. The molecule has 1 saturated heterocycles. The summed E-state index contributed by atoms with van der Waals surface area (Å²) in [7, 11) is 1.25. The number of benzene rings is 1. The molecule has 1 aliphatic carbocycles. The molecule has 0 unspecified atom stereocenters. The number of halogens is 1. The van der Waals surface area contributed by atoms with Gasteiger partial charge in [-0.05, 0) is 36.5 Å². The highest BCUT2D eigenvalue weighted by molar-refractivity contribution is 5.89. The third kappa shape index (κ3) is 2.80. The summed E-state index contributed by atoms with van der Waals surface area (Å²) in [5.41, 5.74) is 0.906. The number of ether oxygens (including phenoxy) is 3. The average Bonchev–Trinajstić information content (AvgIpc) is 2.95. The van der Waals surface area contributed by atoms with Crippen LogP contribution in [0.2, 0.25) is 0 Å². The topological polar surface area (TPSA) is 44.8 Å². The fraction of sp³-hybridized carbons (Fsp3) is 0.562. The van der Waals surface area contributed by atoms with E-state index in [2.05, 4.69) is 4.74 Å². The zero-order chi connectivity index (χ0) is 14.9. The second kappa shape index (κ2) is 5.73. The van der Waals surface area contributed by atoms with Crippen LogP contribution in [0.3, 0.4) is 0 Å². The first kappa shape index (κ1) is 14.5. The Morgan fingerprint density at radius 1 is 1.29 bits per heavy atom. The maximum atomic E-state index is 14.0. The van der Waals surface area contributed by atoms with Gasteiger partial charge in [0.1, 0.15) is 5.82 Å². The molecule has 2 fully saturated rings. The van der Waals surface area contributed by atoms with Gasteiger partial charge >= 0.3 is 5.97 Å². The van der Waals surface area contributed by atoms with Crippen molar-refractivity contribution in [2.24, 2.45) is 0 Å². The summed E-state index contributed by atoms with van der Waals surface area (Å²) < 4.78 is 29.9. The standard InChI is InChI=1S/C16H19FO4/c1-19-15(18)13-3-2-12(10-14(13)17)11-4-6-16(7-5-11)20-8-9-21-16/h2-3,10-11H,4-9H2,1H3. The molecule has 1 spiro atoms. The molecule has 0 aromatic heterocycles. The van der Waals surface area contributed by atoms with Crippen LogP contribution in [0.15, 0.2) is 18.2 Å². The largest absolute Gasteiger partial charge is 0.465 e. The van der Waals surface area contributed by atoms with Crippen LogP contribution in [-0.2, 0) is 14.2 Å². The van der Waals surface area contributed by atoms with Crippen LogP contribution in [0.25, 0.3) is 0 Å². The van der Waals surface area contributed by atoms with Crippen LogP contribution in [0.4, 0.5) is 4.39 Å². The molecule has 0 amide bonds. The Kier molecular flexibility index (Phi) is 3.95. The minimum absolute atomic E-state index is 0.0176. The minimum atomic E-state index is -0.644. The summed E-state index contributed by atoms with van der Waals surface area (Å²) >= 11 is 0. The Morgan fingerprint density at radius 2 is 1.95 bits per heavy atom. The van der Waals surface area contributed by atoms with Gasteiger partial charge in [-0.15, -0.1) is 0 Å². The lowest BCUT2D eigenvalue weighted by atomic mass is 9.81. The van der Waals surface area contributed by atoms with Crippen molar-refractivity contribution in [3.63, 3.8) is 0 Å². The Hall–Kier alpha value is -1.46. The third-order valence-corrected chi connectivity index (χ3v) is 4.43. The molecule has 21 heavy (non-hydrogen) atoms. The molecule has 1 heterocycles. The van der Waals surface area contributed by atoms with Gasteiger partial charge in [-0.25, -0.2) is 9.18 Å². The number of carbonyl (C=O) groups excluding carboxylic acids is 1. The number of rotatable bonds is 2. The Labute approximate surface area is 123 Å². The molecule has 1 aliphatic heterocycles. The number of hydrogen-bond donors (Lipinski definition) is 0. The van der Waals surface area contributed by atoms with Gasteiger partial charge in [0.15, 0.2) is 5.79 Å². The number of hydrogen-bond acceptors (Lipinski definition) is 4. The van der Waals surface area contributed by atoms with Crippen molar-refractivity contribution >= 4 is 5.97 Å². The summed E-state index contributed by atoms with van der Waals surface area (Å²) in [6.45, 7) is 1.32. The molecule has 114 valence electrons. The van der Waals surface area contributed by atoms with Crippen LogP contribution < -0.4 is 0 Å². The highest BCUT2D eigenvalue weighted by atomic mass is 19.1. The van der Waals surface area contributed by atoms with Gasteiger partial charge in [0.25, 0.3) is 0 Å². The molecular weight excluding hydrogens is 275 g/mol. The fourth-order valence-electron chi connectivity index (χ4n) is 3.24. The van der Waals surface area contributed by atoms with Gasteiger partial charge in [-0.2, -0.15) is 0 Å². The Balaban J connectivity index is 1.71. The highest BCUT2D eigenvalue weighted by Crippen LogP contribution is 2.42. The SMILES string of the molecule is COC(=O)c1ccc(C2CCC3(CC2)OCCO3)cc1F. The van der Waals surface area contributed by atoms with Crippen molar-refractivity contribution in [1.82, 2.24) is 0 Å². The molecule has 2 aliphatic rings. The molecule has 1 aromatic carbocycles. The summed E-state index contributed by atoms with van der Waals surface area (Å²) in [5, 5.41) is 0. The van der Waals surface area contributed by atoms with Gasteiger partial charge < -0.3 is 14.2 Å². The highest BCUT2D eigenvalue weighted by Gasteiger charge is 2.40. The van der Waals surface area contributed by atoms with E-state index >= 15 is 0 Å². The second-order valence-corrected chi connectivity index (χ2v) is 5.61. The molecule has 5 heteroatoms. The van der Waals surface area contributed by atoms with E-state index in [9.17, 15) is 9.18 Å². The lowest BCUT2D eigenvalue weighted by Crippen LogP contribution is -2.34. The van der Waals surface area contributed by atoms with E-state index in [0.717, 1.165) is 31.2 Å². The van der Waals surface area contributed by atoms with Crippen molar-refractivity contribution in [3.8, 4) is 0 Å². The molecule has 0 bridgehead atoms. The van der Waals surface area contributed by atoms with Crippen molar-refractivity contribution in [3.05, 3.63) is 35.1 Å². The summed E-state index contributed by atoms with van der Waals surface area (Å²) in [5.74, 6) is -1.28. The van der Waals surface area contributed by atoms with E-state index in [1.54, 1.807) is 0 Å². The molecule has 0 radical (unpaired) electrons. The first-order chi connectivity index (χ1) is 10.1. The smallest absolute Gasteiger partial charge is 0.340 e. The second-order valence-electron chi connectivity index (χ2n) is 5.61. The minimum Gasteiger partial charge on any atom is -0.465 e. The van der Waals surface area contributed by atoms with Crippen molar-refractivity contribution < 1.29 is 23.4 Å². The van der Waals surface area contributed by atoms with Gasteiger partial charge in [-0.1, -0.05) is 6.07 Å². The van der Waals surface area contributed by atoms with Crippen LogP contribution in [0.5, 0.6) is 0 Å². The van der Waals surface area contributed by atoms with Crippen molar-refractivity contribution in [2.75, 3.05) is 20.3 Å². The molecular formula is C16H19FO4. The Morgan fingerprint density at radius 3 is 2.52 bits per heavy atom. The van der Waals surface area contributed by atoms with Gasteiger partial charge in [0, 0.05) is 12.8 Å². The van der Waals surface area contributed by atoms with E-state index in [1.165, 1.54) is 19.2 Å². The monoisotopic (exact) mass is 294 g/mol. The van der Waals surface area contributed by atoms with Crippen LogP contribution >= 0.6 is 0 Å². The molecule has 0 N–H and O–H groups in total. The first-order valence-corrected chi connectivity index (χ1v) is 7.29. The van der Waals surface area contributed by atoms with Gasteiger partial charge in [-0.3, -0.25) is 0 Å². The molecule has 0 atom stereocenters. The van der Waals surface area contributed by atoms with Gasteiger partial charge in [0.2, 0.25) is 0 Å². The number of esters is 1. The van der Waals surface area contributed by atoms with Crippen LogP contribution in [-0.4, -0.2) is 32.1 Å². The molecule has 1 aromatic rings. The van der Waals surface area contributed by atoms with E-state index < -0.39 is 17.6 Å². The average molecular weight is 294 g/mol. The quantitative estimate of drug-likeness (QED) is 0.787. The fourth-order valence-corrected chi connectivity index (χ4v) is 3.24. The van der Waals surface area contributed by atoms with Crippen LogP contribution in [0.1, 0.15) is 47.5 Å². The maximum absolute atomic E-state index is 14.0. The summed E-state index contributed by atoms with van der Waals surface area (Å²) in [4.78, 5) is 11.4. The summed E-state index contributed by atoms with van der Waals surface area (Å²) in [6, 6.07) is 4.77. The lowest BCUT2D eigenvalue weighted by molar-refractivity contribution is -0.178. The normalized spacial score (nSPS) is 21.6. The van der Waals surface area contributed by atoms with Crippen molar-refractivity contribution in [2.45, 2.75) is 37.4 Å². The molecule has 4 nitrogen and oxygen atoms in total. The van der Waals surface area contributed by atoms with E-state index in [1.807, 2.05) is 6.07 Å². The Bertz CT molecular complexity index is 527. The predicted molar refractivity (Wildman–Crippen MR) is 73.6 cm³/mol. The zero-order valence-corrected chi connectivity index (χ0v) is 12.1. The number of carbonyl (C=O) groups is 1. The van der Waals surface area contributed by atoms with Gasteiger partial charge in [0.05, 0.1) is 25.9 Å². The van der Waals surface area contributed by atoms with Crippen molar-refractivity contribution in [1.29, 1.82) is 0 Å². The number of methoxy groups -OCH3 is 1.